The molecule has 306 valence electrons. The molecule has 0 bridgehead atoms. The van der Waals surface area contributed by atoms with Crippen LogP contribution in [0.1, 0.15) is 62.1 Å². The smallest absolute Gasteiger partial charge is 0.393 e. The van der Waals surface area contributed by atoms with E-state index in [0.717, 1.165) is 88.7 Å². The van der Waals surface area contributed by atoms with Crippen molar-refractivity contribution in [1.82, 2.24) is 15.0 Å². The van der Waals surface area contributed by atoms with Gasteiger partial charge in [-0.15, -0.1) is 12.6 Å². The van der Waals surface area contributed by atoms with Gasteiger partial charge in [-0.25, -0.2) is 15.0 Å². The predicted octanol–water partition coefficient (Wildman–Crippen LogP) is 7.86. The van der Waals surface area contributed by atoms with Crippen molar-refractivity contribution in [2.24, 2.45) is 5.92 Å². The SMILES string of the molecule is CC1CCN(c2ccc(C(F)(F)F)cn2)CC1.FC(F)(F)c1ccc(N2CCC(Br)CC2)nc1.O=S(=O)=O.OC1CCN(c2ccc(C(F)(F)F)cn2)CC1. The van der Waals surface area contributed by atoms with Gasteiger partial charge in [-0.2, -0.15) is 39.5 Å². The molecule has 6 rings (SSSR count). The molecule has 6 heterocycles. The van der Waals surface area contributed by atoms with E-state index in [0.29, 0.717) is 54.1 Å². The summed E-state index contributed by atoms with van der Waals surface area (Å²) < 4.78 is 136. The molecule has 0 saturated carbocycles. The van der Waals surface area contributed by atoms with E-state index in [-0.39, 0.29) is 6.10 Å². The number of hydrogen-bond donors (Lipinski definition) is 1. The number of halogens is 10. The lowest BCUT2D eigenvalue weighted by atomic mass is 9.99. The van der Waals surface area contributed by atoms with Gasteiger partial charge in [0.25, 0.3) is 0 Å². The number of aromatic nitrogens is 3. The molecule has 3 saturated heterocycles. The summed E-state index contributed by atoms with van der Waals surface area (Å²) in [5.41, 5.74) is -2.12. The Labute approximate surface area is 322 Å². The van der Waals surface area contributed by atoms with E-state index in [1.807, 2.05) is 14.7 Å². The number of hydrogen-bond acceptors (Lipinski definition) is 10. The van der Waals surface area contributed by atoms with Crippen LogP contribution in [0.5, 0.6) is 0 Å². The van der Waals surface area contributed by atoms with Crippen molar-refractivity contribution in [3.05, 3.63) is 71.7 Å². The second-order valence-electron chi connectivity index (χ2n) is 13.0. The van der Waals surface area contributed by atoms with Crippen LogP contribution in [0.2, 0.25) is 0 Å². The van der Waals surface area contributed by atoms with Gasteiger partial charge >= 0.3 is 29.1 Å². The van der Waals surface area contributed by atoms with Crippen LogP contribution in [-0.4, -0.2) is 82.9 Å². The van der Waals surface area contributed by atoms with Gasteiger partial charge < -0.3 is 19.8 Å². The zero-order valence-corrected chi connectivity index (χ0v) is 31.9. The fraction of sp³-hybridized carbons (Fsp3) is 0.559. The number of pyridine rings is 3. The summed E-state index contributed by atoms with van der Waals surface area (Å²) in [4.78, 5) is 18.0. The highest BCUT2D eigenvalue weighted by Gasteiger charge is 2.33. The summed E-state index contributed by atoms with van der Waals surface area (Å²) in [6, 6.07) is 7.49. The summed E-state index contributed by atoms with van der Waals surface area (Å²) in [6.07, 6.45) is -5.23. The standard InChI is InChI=1S/C12H15F3N2.C11H12BrF3N2.C11H13F3N2O.O3S/c1-9-4-6-17(7-5-9)11-3-2-10(8-16-11)12(13,14)15;12-9-3-5-17(6-4-9)10-2-1-8(7-16-10)11(13,14)15;12-11(13,14)8-1-2-10(15-7-8)16-5-3-9(17)4-6-16;1-4(2)3/h2-3,8-9H,4-7H2,1H3;1-2,7,9H,3-6H2;1-2,7,9,17H,3-6H2;. The molecule has 3 aliphatic heterocycles. The number of aliphatic hydroxyl groups excluding tert-OH is 1. The Bertz CT molecular complexity index is 1510. The third kappa shape index (κ3) is 15.7. The van der Waals surface area contributed by atoms with Crippen LogP contribution in [0.4, 0.5) is 57.0 Å². The molecular weight excluding hydrogens is 839 g/mol. The minimum Gasteiger partial charge on any atom is -0.393 e. The van der Waals surface area contributed by atoms with Gasteiger partial charge in [-0.3, -0.25) is 0 Å². The fourth-order valence-corrected chi connectivity index (χ4v) is 6.04. The van der Waals surface area contributed by atoms with E-state index in [1.165, 1.54) is 18.2 Å². The Kier molecular flexibility index (Phi) is 17.0. The van der Waals surface area contributed by atoms with Crippen LogP contribution >= 0.6 is 15.9 Å². The number of alkyl halides is 10. The largest absolute Gasteiger partial charge is 0.425 e. The van der Waals surface area contributed by atoms with Crippen molar-refractivity contribution in [3.8, 4) is 0 Å². The van der Waals surface area contributed by atoms with E-state index in [9.17, 15) is 44.6 Å². The average molecular weight is 880 g/mol. The molecule has 55 heavy (non-hydrogen) atoms. The summed E-state index contributed by atoms with van der Waals surface area (Å²) >= 11 is 3.53. The van der Waals surface area contributed by atoms with Crippen LogP contribution in [0, 0.1) is 5.92 Å². The Morgan fingerprint density at radius 1 is 0.564 bits per heavy atom. The lowest BCUT2D eigenvalue weighted by Gasteiger charge is -2.31. The Balaban J connectivity index is 0.000000211. The van der Waals surface area contributed by atoms with E-state index < -0.39 is 45.8 Å². The molecule has 21 heteroatoms. The lowest BCUT2D eigenvalue weighted by molar-refractivity contribution is -0.138. The first kappa shape index (κ1) is 45.7. The van der Waals surface area contributed by atoms with E-state index >= 15 is 0 Å². The number of aliphatic hydroxyl groups is 1. The molecule has 0 radical (unpaired) electrons. The summed E-state index contributed by atoms with van der Waals surface area (Å²) in [7, 11) is -3.11. The molecule has 3 aliphatic rings. The first-order valence-corrected chi connectivity index (χ1v) is 19.0. The molecule has 0 aliphatic carbocycles. The first-order chi connectivity index (χ1) is 25.6. The third-order valence-electron chi connectivity index (χ3n) is 8.87. The molecule has 0 amide bonds. The van der Waals surface area contributed by atoms with E-state index in [1.54, 1.807) is 0 Å². The van der Waals surface area contributed by atoms with Gasteiger partial charge in [-0.05, 0) is 80.8 Å². The van der Waals surface area contributed by atoms with Crippen LogP contribution in [0.15, 0.2) is 55.0 Å². The van der Waals surface area contributed by atoms with Gasteiger partial charge in [-0.1, -0.05) is 22.9 Å². The number of nitrogens with zero attached hydrogens (tertiary/aromatic N) is 6. The van der Waals surface area contributed by atoms with Crippen LogP contribution in [-0.2, 0) is 29.1 Å². The quantitative estimate of drug-likeness (QED) is 0.206. The highest BCUT2D eigenvalue weighted by atomic mass is 79.9. The van der Waals surface area contributed by atoms with Gasteiger partial charge in [0.15, 0.2) is 0 Å². The maximum atomic E-state index is 12.4. The molecule has 0 spiro atoms. The molecule has 3 aromatic rings. The van der Waals surface area contributed by atoms with Crippen molar-refractivity contribution in [1.29, 1.82) is 0 Å². The Hall–Kier alpha value is -3.72. The van der Waals surface area contributed by atoms with Gasteiger partial charge in [0.2, 0.25) is 0 Å². The minimum absolute atomic E-state index is 0.305. The van der Waals surface area contributed by atoms with Crippen molar-refractivity contribution in [3.63, 3.8) is 0 Å². The summed E-state index contributed by atoms with van der Waals surface area (Å²) in [6.45, 7) is 6.85. The highest BCUT2D eigenvalue weighted by molar-refractivity contribution is 9.09. The second kappa shape index (κ2) is 20.4. The number of piperidine rings is 3. The van der Waals surface area contributed by atoms with Crippen molar-refractivity contribution in [2.75, 3.05) is 54.0 Å². The molecule has 3 aromatic heterocycles. The van der Waals surface area contributed by atoms with Crippen molar-refractivity contribution >= 4 is 44.0 Å². The van der Waals surface area contributed by atoms with Gasteiger partial charge in [0.1, 0.15) is 17.5 Å². The maximum Gasteiger partial charge on any atom is 0.425 e. The minimum atomic E-state index is -4.34. The topological polar surface area (TPSA) is 120 Å². The zero-order chi connectivity index (χ0) is 41.0. The van der Waals surface area contributed by atoms with Crippen LogP contribution in [0.25, 0.3) is 0 Å². The second-order valence-corrected chi connectivity index (χ2v) is 14.7. The molecule has 3 fully saturated rings. The molecular formula is C34H40BrF9N6O4S. The Morgan fingerprint density at radius 2 is 0.836 bits per heavy atom. The summed E-state index contributed by atoms with van der Waals surface area (Å²) in [5.74, 6) is 2.49. The fourth-order valence-electron chi connectivity index (χ4n) is 5.63. The lowest BCUT2D eigenvalue weighted by Crippen LogP contribution is -2.36. The van der Waals surface area contributed by atoms with Crippen molar-refractivity contribution in [2.45, 2.75) is 74.9 Å². The van der Waals surface area contributed by atoms with Gasteiger partial charge in [0.05, 0.1) is 22.8 Å². The Morgan fingerprint density at radius 3 is 1.09 bits per heavy atom. The van der Waals surface area contributed by atoms with Crippen LogP contribution < -0.4 is 14.7 Å². The molecule has 0 atom stereocenters. The van der Waals surface area contributed by atoms with Gasteiger partial charge in [0, 0.05) is 62.7 Å². The molecule has 0 unspecified atom stereocenters. The van der Waals surface area contributed by atoms with Crippen molar-refractivity contribution < 1.29 is 57.2 Å². The summed E-state index contributed by atoms with van der Waals surface area (Å²) in [5, 5.41) is 9.33. The average Bonchev–Trinajstić information content (AvgIpc) is 3.12. The predicted molar refractivity (Wildman–Crippen MR) is 190 cm³/mol. The van der Waals surface area contributed by atoms with Crippen LogP contribution in [0.3, 0.4) is 0 Å². The molecule has 1 N–H and O–H groups in total. The van der Waals surface area contributed by atoms with E-state index in [4.69, 9.17) is 12.6 Å². The number of anilines is 3. The zero-order valence-electron chi connectivity index (χ0n) is 29.5. The highest BCUT2D eigenvalue weighted by Crippen LogP contribution is 2.32. The number of rotatable bonds is 3. The monoisotopic (exact) mass is 878 g/mol. The van der Waals surface area contributed by atoms with E-state index in [2.05, 4.69) is 37.8 Å². The normalized spacial score (nSPS) is 17.6. The third-order valence-corrected chi connectivity index (χ3v) is 9.79. The maximum absolute atomic E-state index is 12.4. The first-order valence-electron chi connectivity index (χ1n) is 17.1. The molecule has 0 aromatic carbocycles. The molecule has 10 nitrogen and oxygen atoms in total.